The van der Waals surface area contributed by atoms with E-state index in [1.54, 1.807) is 6.92 Å². The Hall–Kier alpha value is -1.67. The normalized spacial score (nSPS) is 24.6. The Kier molecular flexibility index (Phi) is 6.10. The summed E-state index contributed by atoms with van der Waals surface area (Å²) in [6, 6.07) is -0.561. The van der Waals surface area contributed by atoms with Gasteiger partial charge in [-0.1, -0.05) is 6.92 Å². The molecule has 1 heterocycles. The Balaban J connectivity index is 2.88. The number of amides is 1. The van der Waals surface area contributed by atoms with Crippen LogP contribution in [-0.4, -0.2) is 58.1 Å². The molecule has 0 bridgehead atoms. The Morgan fingerprint density at radius 3 is 2.48 bits per heavy atom. The highest BCUT2D eigenvalue weighted by molar-refractivity contribution is 5.78. The second-order valence-electron chi connectivity index (χ2n) is 5.03. The maximum Gasteiger partial charge on any atom is 0.303 e. The van der Waals surface area contributed by atoms with Gasteiger partial charge in [0, 0.05) is 26.2 Å². The van der Waals surface area contributed by atoms with Gasteiger partial charge in [-0.25, -0.2) is 5.06 Å². The van der Waals surface area contributed by atoms with Crippen LogP contribution in [-0.2, 0) is 23.9 Å². The third kappa shape index (κ3) is 4.40. The van der Waals surface area contributed by atoms with Crippen LogP contribution in [0.2, 0.25) is 0 Å². The molecule has 2 N–H and O–H groups in total. The molecule has 1 aliphatic rings. The van der Waals surface area contributed by atoms with E-state index in [0.29, 0.717) is 11.5 Å². The number of hydroxylamine groups is 2. The van der Waals surface area contributed by atoms with Gasteiger partial charge in [0.1, 0.15) is 18.8 Å². The molecule has 0 unspecified atom stereocenters. The molecule has 0 radical (unpaired) electrons. The lowest BCUT2D eigenvalue weighted by atomic mass is 9.89. The van der Waals surface area contributed by atoms with Crippen LogP contribution in [0.15, 0.2) is 0 Å². The molecule has 0 aromatic carbocycles. The van der Waals surface area contributed by atoms with E-state index >= 15 is 0 Å². The lowest BCUT2D eigenvalue weighted by Gasteiger charge is -2.31. The van der Waals surface area contributed by atoms with Gasteiger partial charge in [0.05, 0.1) is 6.04 Å². The minimum Gasteiger partial charge on any atom is -0.463 e. The molecular formula is C13H21NO7. The molecule has 1 fully saturated rings. The van der Waals surface area contributed by atoms with Gasteiger partial charge >= 0.3 is 11.9 Å². The van der Waals surface area contributed by atoms with Crippen molar-refractivity contribution in [2.75, 3.05) is 6.61 Å². The fourth-order valence-electron chi connectivity index (χ4n) is 2.55. The first-order valence-electron chi connectivity index (χ1n) is 6.77. The van der Waals surface area contributed by atoms with Crippen molar-refractivity contribution in [1.82, 2.24) is 5.06 Å². The molecular weight excluding hydrogens is 282 g/mol. The van der Waals surface area contributed by atoms with Crippen LogP contribution in [0.3, 0.4) is 0 Å². The highest BCUT2D eigenvalue weighted by atomic mass is 16.6. The summed E-state index contributed by atoms with van der Waals surface area (Å²) >= 11 is 0. The first-order valence-corrected chi connectivity index (χ1v) is 6.77. The fraction of sp³-hybridized carbons (Fsp3) is 0.769. The van der Waals surface area contributed by atoms with E-state index < -0.39 is 42.0 Å². The summed E-state index contributed by atoms with van der Waals surface area (Å²) in [5.74, 6) is -2.26. The lowest BCUT2D eigenvalue weighted by molar-refractivity contribution is -0.174. The van der Waals surface area contributed by atoms with Crippen molar-refractivity contribution in [3.8, 4) is 0 Å². The molecule has 0 aliphatic carbocycles. The number of aliphatic hydroxyl groups is 1. The molecule has 120 valence electrons. The number of hydrogen-bond donors (Lipinski definition) is 2. The van der Waals surface area contributed by atoms with Crippen molar-refractivity contribution in [3.63, 3.8) is 0 Å². The standard InChI is InChI=1S/C13H21NO7/c1-4-10-9(5-12(18)14(10)19)13(21-8(3)16)11(17)6-20-7(2)15/h9-11,13,17,19H,4-6H2,1-3H3/t9-,10+,11+,13-/m0/s1. The Morgan fingerprint density at radius 2 is 2.00 bits per heavy atom. The topological polar surface area (TPSA) is 113 Å². The average molecular weight is 303 g/mol. The lowest BCUT2D eigenvalue weighted by Crippen LogP contribution is -2.45. The van der Waals surface area contributed by atoms with Gasteiger partial charge in [0.15, 0.2) is 0 Å². The third-order valence-electron chi connectivity index (χ3n) is 3.45. The zero-order chi connectivity index (χ0) is 16.2. The summed E-state index contributed by atoms with van der Waals surface area (Å²) in [7, 11) is 0. The quantitative estimate of drug-likeness (QED) is 0.518. The van der Waals surface area contributed by atoms with Gasteiger partial charge in [-0.3, -0.25) is 19.6 Å². The predicted octanol–water partition coefficient (Wildman–Crippen LogP) is -0.142. The van der Waals surface area contributed by atoms with Gasteiger partial charge in [0.2, 0.25) is 5.91 Å². The van der Waals surface area contributed by atoms with Crippen molar-refractivity contribution >= 4 is 17.8 Å². The number of rotatable bonds is 6. The molecule has 8 nitrogen and oxygen atoms in total. The fourth-order valence-corrected chi connectivity index (χ4v) is 2.55. The van der Waals surface area contributed by atoms with E-state index in [1.165, 1.54) is 13.8 Å². The summed E-state index contributed by atoms with van der Waals surface area (Å²) in [4.78, 5) is 33.6. The minimum absolute atomic E-state index is 0.0515. The van der Waals surface area contributed by atoms with Crippen LogP contribution in [0.25, 0.3) is 0 Å². The van der Waals surface area contributed by atoms with Crippen LogP contribution in [0.5, 0.6) is 0 Å². The van der Waals surface area contributed by atoms with E-state index in [1.807, 2.05) is 0 Å². The van der Waals surface area contributed by atoms with Crippen LogP contribution in [0.1, 0.15) is 33.6 Å². The van der Waals surface area contributed by atoms with Crippen molar-refractivity contribution in [2.45, 2.75) is 51.9 Å². The summed E-state index contributed by atoms with van der Waals surface area (Å²) in [6.45, 7) is 3.79. The van der Waals surface area contributed by atoms with Crippen LogP contribution in [0, 0.1) is 5.92 Å². The number of aliphatic hydroxyl groups excluding tert-OH is 1. The Labute approximate surface area is 122 Å². The number of hydrogen-bond acceptors (Lipinski definition) is 7. The van der Waals surface area contributed by atoms with E-state index in [-0.39, 0.29) is 13.0 Å². The van der Waals surface area contributed by atoms with E-state index in [2.05, 4.69) is 0 Å². The second kappa shape index (κ2) is 7.37. The van der Waals surface area contributed by atoms with E-state index in [9.17, 15) is 24.7 Å². The number of ether oxygens (including phenoxy) is 2. The number of carbonyl (C=O) groups is 3. The molecule has 8 heteroatoms. The SMILES string of the molecule is CC[C@@H]1[C@@H]([C@H](OC(C)=O)[C@H](O)COC(C)=O)CC(=O)N1O. The third-order valence-corrected chi connectivity index (χ3v) is 3.45. The molecule has 0 aromatic heterocycles. The van der Waals surface area contributed by atoms with Crippen LogP contribution < -0.4 is 0 Å². The first kappa shape index (κ1) is 17.4. The van der Waals surface area contributed by atoms with E-state index in [4.69, 9.17) is 9.47 Å². The minimum atomic E-state index is -1.27. The van der Waals surface area contributed by atoms with Gasteiger partial charge in [-0.15, -0.1) is 0 Å². The summed E-state index contributed by atoms with van der Waals surface area (Å²) in [6.07, 6.45) is -1.92. The monoisotopic (exact) mass is 303 g/mol. The van der Waals surface area contributed by atoms with E-state index in [0.717, 1.165) is 0 Å². The van der Waals surface area contributed by atoms with Crippen LogP contribution in [0.4, 0.5) is 0 Å². The molecule has 1 rings (SSSR count). The molecule has 1 amide bonds. The highest BCUT2D eigenvalue weighted by Gasteiger charge is 2.46. The molecule has 21 heavy (non-hydrogen) atoms. The summed E-state index contributed by atoms with van der Waals surface area (Å²) < 4.78 is 9.79. The number of nitrogens with zero attached hydrogens (tertiary/aromatic N) is 1. The molecule has 1 aliphatic heterocycles. The van der Waals surface area contributed by atoms with Crippen molar-refractivity contribution in [3.05, 3.63) is 0 Å². The van der Waals surface area contributed by atoms with Crippen LogP contribution >= 0.6 is 0 Å². The largest absolute Gasteiger partial charge is 0.463 e. The summed E-state index contributed by atoms with van der Waals surface area (Å²) in [5.41, 5.74) is 0. The second-order valence-corrected chi connectivity index (χ2v) is 5.03. The maximum absolute atomic E-state index is 11.6. The molecule has 0 spiro atoms. The first-order chi connectivity index (χ1) is 9.77. The Bertz CT molecular complexity index is 411. The average Bonchev–Trinajstić information content (AvgIpc) is 2.68. The van der Waals surface area contributed by atoms with Crippen molar-refractivity contribution in [1.29, 1.82) is 0 Å². The smallest absolute Gasteiger partial charge is 0.303 e. The molecule has 0 saturated carbocycles. The van der Waals surface area contributed by atoms with Gasteiger partial charge in [0.25, 0.3) is 0 Å². The summed E-state index contributed by atoms with van der Waals surface area (Å²) in [5, 5.41) is 20.4. The predicted molar refractivity (Wildman–Crippen MR) is 69.0 cm³/mol. The van der Waals surface area contributed by atoms with Gasteiger partial charge in [-0.05, 0) is 6.42 Å². The van der Waals surface area contributed by atoms with Crippen molar-refractivity contribution in [2.24, 2.45) is 5.92 Å². The maximum atomic E-state index is 11.6. The molecule has 4 atom stereocenters. The van der Waals surface area contributed by atoms with Gasteiger partial charge < -0.3 is 14.6 Å². The zero-order valence-electron chi connectivity index (χ0n) is 12.3. The molecule has 0 aromatic rings. The molecule has 1 saturated heterocycles. The highest BCUT2D eigenvalue weighted by Crippen LogP contribution is 2.32. The van der Waals surface area contributed by atoms with Crippen molar-refractivity contribution < 1.29 is 34.2 Å². The number of carbonyl (C=O) groups excluding carboxylic acids is 3. The van der Waals surface area contributed by atoms with Gasteiger partial charge in [-0.2, -0.15) is 0 Å². The number of esters is 2. The Morgan fingerprint density at radius 1 is 1.38 bits per heavy atom. The zero-order valence-corrected chi connectivity index (χ0v) is 12.3.